The van der Waals surface area contributed by atoms with Gasteiger partial charge in [0.25, 0.3) is 5.91 Å². The van der Waals surface area contributed by atoms with Gasteiger partial charge in [-0.2, -0.15) is 0 Å². The Balaban J connectivity index is 1.67. The molecule has 1 aromatic carbocycles. The lowest BCUT2D eigenvalue weighted by atomic mass is 10.2. The van der Waals surface area contributed by atoms with E-state index in [4.69, 9.17) is 9.47 Å². The maximum Gasteiger partial charge on any atom is 0.274 e. The molecule has 7 heteroatoms. The van der Waals surface area contributed by atoms with E-state index >= 15 is 0 Å². The molecular formula is C17H20N4O3. The second kappa shape index (κ2) is 7.63. The second-order valence-electron chi connectivity index (χ2n) is 5.36. The number of ether oxygens (including phenoxy) is 2. The van der Waals surface area contributed by atoms with Gasteiger partial charge in [0, 0.05) is 24.5 Å². The Bertz CT molecular complexity index is 721. The summed E-state index contributed by atoms with van der Waals surface area (Å²) in [6.45, 7) is 3.93. The molecule has 1 amide bonds. The summed E-state index contributed by atoms with van der Waals surface area (Å²) in [6.07, 6.45) is 3.67. The van der Waals surface area contributed by atoms with Crippen molar-refractivity contribution in [3.63, 3.8) is 0 Å². The molecule has 0 bridgehead atoms. The number of nitrogens with zero attached hydrogens (tertiary/aromatic N) is 2. The molecule has 3 rings (SSSR count). The predicted molar refractivity (Wildman–Crippen MR) is 90.8 cm³/mol. The van der Waals surface area contributed by atoms with Gasteiger partial charge >= 0.3 is 0 Å². The lowest BCUT2D eigenvalue weighted by molar-refractivity contribution is 0.102. The standard InChI is InChI=1S/C17H20N4O3/c1-2-3-7-18-17-19-8-6-13(21-17)16(22)20-12-4-5-14-15(11-12)24-10-9-23-14/h4-6,8,11H,2-3,7,9-10H2,1H3,(H,20,22)(H,18,19,21). The normalized spacial score (nSPS) is 12.5. The van der Waals surface area contributed by atoms with E-state index in [-0.39, 0.29) is 5.91 Å². The highest BCUT2D eigenvalue weighted by atomic mass is 16.6. The van der Waals surface area contributed by atoms with E-state index in [0.29, 0.717) is 42.0 Å². The van der Waals surface area contributed by atoms with Crippen molar-refractivity contribution in [2.24, 2.45) is 0 Å². The minimum Gasteiger partial charge on any atom is -0.486 e. The Morgan fingerprint density at radius 3 is 2.88 bits per heavy atom. The third kappa shape index (κ3) is 3.92. The molecule has 0 fully saturated rings. The highest BCUT2D eigenvalue weighted by Crippen LogP contribution is 2.32. The van der Waals surface area contributed by atoms with E-state index in [1.165, 1.54) is 0 Å². The first-order valence-electron chi connectivity index (χ1n) is 8.04. The van der Waals surface area contributed by atoms with Crippen LogP contribution in [0.5, 0.6) is 11.5 Å². The number of hydrogen-bond donors (Lipinski definition) is 2. The zero-order valence-electron chi connectivity index (χ0n) is 13.5. The monoisotopic (exact) mass is 328 g/mol. The number of benzene rings is 1. The number of carbonyl (C=O) groups is 1. The largest absolute Gasteiger partial charge is 0.486 e. The van der Waals surface area contributed by atoms with Gasteiger partial charge in [-0.1, -0.05) is 13.3 Å². The molecule has 0 saturated heterocycles. The van der Waals surface area contributed by atoms with Crippen LogP contribution < -0.4 is 20.1 Å². The Morgan fingerprint density at radius 2 is 2.04 bits per heavy atom. The summed E-state index contributed by atoms with van der Waals surface area (Å²) < 4.78 is 11.0. The number of amides is 1. The summed E-state index contributed by atoms with van der Waals surface area (Å²) >= 11 is 0. The Labute approximate surface area is 140 Å². The molecule has 1 aromatic heterocycles. The van der Waals surface area contributed by atoms with Crippen molar-refractivity contribution in [2.45, 2.75) is 19.8 Å². The van der Waals surface area contributed by atoms with Crippen molar-refractivity contribution < 1.29 is 14.3 Å². The average Bonchev–Trinajstić information content (AvgIpc) is 2.62. The highest BCUT2D eigenvalue weighted by molar-refractivity contribution is 6.03. The molecule has 0 radical (unpaired) electrons. The SMILES string of the molecule is CCCCNc1nccc(C(=O)Nc2ccc3c(c2)OCCO3)n1. The molecule has 2 heterocycles. The van der Waals surface area contributed by atoms with E-state index in [0.717, 1.165) is 19.4 Å². The van der Waals surface area contributed by atoms with Gasteiger partial charge in [0.2, 0.25) is 5.95 Å². The molecule has 2 aromatic rings. The van der Waals surface area contributed by atoms with E-state index in [1.54, 1.807) is 30.5 Å². The van der Waals surface area contributed by atoms with Gasteiger partial charge in [-0.05, 0) is 24.6 Å². The maximum atomic E-state index is 12.4. The van der Waals surface area contributed by atoms with Gasteiger partial charge in [0.15, 0.2) is 11.5 Å². The van der Waals surface area contributed by atoms with Crippen LogP contribution in [0.15, 0.2) is 30.5 Å². The van der Waals surface area contributed by atoms with Gasteiger partial charge in [0.05, 0.1) is 0 Å². The van der Waals surface area contributed by atoms with Crippen molar-refractivity contribution in [2.75, 3.05) is 30.4 Å². The average molecular weight is 328 g/mol. The van der Waals surface area contributed by atoms with Crippen molar-refractivity contribution in [1.82, 2.24) is 9.97 Å². The van der Waals surface area contributed by atoms with Crippen LogP contribution in [0, 0.1) is 0 Å². The summed E-state index contributed by atoms with van der Waals surface area (Å²) in [6, 6.07) is 6.88. The molecule has 24 heavy (non-hydrogen) atoms. The summed E-state index contributed by atoms with van der Waals surface area (Å²) in [7, 11) is 0. The lowest BCUT2D eigenvalue weighted by Crippen LogP contribution is -2.17. The van der Waals surface area contributed by atoms with Crippen LogP contribution >= 0.6 is 0 Å². The molecule has 0 atom stereocenters. The molecule has 1 aliphatic rings. The molecular weight excluding hydrogens is 308 g/mol. The number of rotatable bonds is 6. The van der Waals surface area contributed by atoms with Crippen LogP contribution in [-0.2, 0) is 0 Å². The molecule has 0 aliphatic carbocycles. The van der Waals surface area contributed by atoms with Crippen molar-refractivity contribution >= 4 is 17.5 Å². The van der Waals surface area contributed by atoms with Crippen LogP contribution in [0.25, 0.3) is 0 Å². The quantitative estimate of drug-likeness (QED) is 0.793. The molecule has 1 aliphatic heterocycles. The summed E-state index contributed by atoms with van der Waals surface area (Å²) in [5.74, 6) is 1.47. The fourth-order valence-corrected chi connectivity index (χ4v) is 2.26. The maximum absolute atomic E-state index is 12.4. The molecule has 0 spiro atoms. The van der Waals surface area contributed by atoms with Crippen LogP contribution in [0.3, 0.4) is 0 Å². The first-order valence-corrected chi connectivity index (χ1v) is 8.04. The zero-order chi connectivity index (χ0) is 16.8. The fourth-order valence-electron chi connectivity index (χ4n) is 2.26. The predicted octanol–water partition coefficient (Wildman–Crippen LogP) is 2.71. The van der Waals surface area contributed by atoms with Crippen molar-refractivity contribution in [3.8, 4) is 11.5 Å². The number of fused-ring (bicyclic) bond motifs is 1. The number of aromatic nitrogens is 2. The highest BCUT2D eigenvalue weighted by Gasteiger charge is 2.14. The number of hydrogen-bond acceptors (Lipinski definition) is 6. The number of carbonyl (C=O) groups excluding carboxylic acids is 1. The minimum atomic E-state index is -0.299. The van der Waals surface area contributed by atoms with Crippen LogP contribution in [0.4, 0.5) is 11.6 Å². The topological polar surface area (TPSA) is 85.4 Å². The molecule has 7 nitrogen and oxygen atoms in total. The number of anilines is 2. The summed E-state index contributed by atoms with van der Waals surface area (Å²) in [5, 5.41) is 5.92. The second-order valence-corrected chi connectivity index (χ2v) is 5.36. The first-order chi connectivity index (χ1) is 11.8. The van der Waals surface area contributed by atoms with Gasteiger partial charge in [-0.3, -0.25) is 4.79 Å². The van der Waals surface area contributed by atoms with E-state index in [9.17, 15) is 4.79 Å². The minimum absolute atomic E-state index is 0.299. The molecule has 2 N–H and O–H groups in total. The van der Waals surface area contributed by atoms with Crippen LogP contribution in [0.1, 0.15) is 30.3 Å². The molecule has 0 saturated carbocycles. The summed E-state index contributed by atoms with van der Waals surface area (Å²) in [4.78, 5) is 20.7. The lowest BCUT2D eigenvalue weighted by Gasteiger charge is -2.19. The molecule has 126 valence electrons. The third-order valence-electron chi connectivity index (χ3n) is 3.50. The Hall–Kier alpha value is -2.83. The fraction of sp³-hybridized carbons (Fsp3) is 0.353. The summed E-state index contributed by atoms with van der Waals surface area (Å²) in [5.41, 5.74) is 0.933. The zero-order valence-corrected chi connectivity index (χ0v) is 13.5. The van der Waals surface area contributed by atoms with Crippen LogP contribution in [-0.4, -0.2) is 35.6 Å². The van der Waals surface area contributed by atoms with Gasteiger partial charge in [0.1, 0.15) is 18.9 Å². The van der Waals surface area contributed by atoms with Crippen molar-refractivity contribution in [1.29, 1.82) is 0 Å². The van der Waals surface area contributed by atoms with Crippen molar-refractivity contribution in [3.05, 3.63) is 36.2 Å². The van der Waals surface area contributed by atoms with Crippen LogP contribution in [0.2, 0.25) is 0 Å². The van der Waals surface area contributed by atoms with E-state index in [2.05, 4.69) is 27.5 Å². The van der Waals surface area contributed by atoms with Gasteiger partial charge in [-0.15, -0.1) is 0 Å². The molecule has 0 unspecified atom stereocenters. The van der Waals surface area contributed by atoms with E-state index in [1.807, 2.05) is 0 Å². The third-order valence-corrected chi connectivity index (χ3v) is 3.50. The van der Waals surface area contributed by atoms with Gasteiger partial charge in [-0.25, -0.2) is 9.97 Å². The Morgan fingerprint density at radius 1 is 1.21 bits per heavy atom. The Kier molecular flexibility index (Phi) is 5.10. The first kappa shape index (κ1) is 16.0. The number of unbranched alkanes of at least 4 members (excludes halogenated alkanes) is 1. The smallest absolute Gasteiger partial charge is 0.274 e. The number of nitrogens with one attached hydrogen (secondary N) is 2. The van der Waals surface area contributed by atoms with E-state index < -0.39 is 0 Å². The van der Waals surface area contributed by atoms with Gasteiger partial charge < -0.3 is 20.1 Å².